The third kappa shape index (κ3) is 20.8. The maximum Gasteiger partial charge on any atom is 0.306 e. The minimum Gasteiger partial charge on any atom is -0.550 e. The Kier molecular flexibility index (Phi) is 16.8. The number of hydrogen-bond donors (Lipinski definition) is 0. The Hall–Kier alpha value is -1.88. The highest BCUT2D eigenvalue weighted by Crippen LogP contribution is 2.11. The minimum absolute atomic E-state index is 0.250. The van der Waals surface area contributed by atoms with Crippen molar-refractivity contribution < 1.29 is 23.9 Å². The number of likely N-dealkylation sites (N-methyl/N-ethyl adjacent to an activating group) is 1. The molecule has 0 rings (SSSR count). The molecule has 0 aliphatic carbocycles. The molecule has 0 N–H and O–H groups in total. The third-order valence-electron chi connectivity index (χ3n) is 4.48. The monoisotopic (exact) mass is 421 g/mol. The van der Waals surface area contributed by atoms with Crippen LogP contribution in [-0.2, 0) is 14.3 Å². The molecule has 0 saturated carbocycles. The number of esters is 1. The number of carboxylic acid groups (broad SMARTS) is 1. The molecule has 0 aliphatic rings. The molecule has 0 spiro atoms. The van der Waals surface area contributed by atoms with Gasteiger partial charge in [0.1, 0.15) is 6.54 Å². The number of carbonyl (C=O) groups is 2. The first-order valence-corrected chi connectivity index (χ1v) is 11.4. The molecule has 1 atom stereocenters. The van der Waals surface area contributed by atoms with Crippen LogP contribution in [0.15, 0.2) is 36.5 Å². The summed E-state index contributed by atoms with van der Waals surface area (Å²) in [4.78, 5) is 22.9. The van der Waals surface area contributed by atoms with Gasteiger partial charge in [0.05, 0.1) is 21.1 Å². The van der Waals surface area contributed by atoms with Crippen molar-refractivity contribution >= 4 is 11.9 Å². The lowest BCUT2D eigenvalue weighted by Crippen LogP contribution is -2.45. The predicted molar refractivity (Wildman–Crippen MR) is 122 cm³/mol. The maximum absolute atomic E-state index is 12.0. The van der Waals surface area contributed by atoms with E-state index in [9.17, 15) is 14.7 Å². The van der Waals surface area contributed by atoms with Crippen LogP contribution in [0.2, 0.25) is 0 Å². The first-order chi connectivity index (χ1) is 14.2. The summed E-state index contributed by atoms with van der Waals surface area (Å²) in [5.41, 5.74) is 0. The number of aliphatic carboxylic acids is 1. The third-order valence-corrected chi connectivity index (χ3v) is 4.48. The van der Waals surface area contributed by atoms with Crippen molar-refractivity contribution in [3.05, 3.63) is 36.5 Å². The molecule has 0 aromatic carbocycles. The van der Waals surface area contributed by atoms with Crippen molar-refractivity contribution in [2.45, 2.75) is 83.7 Å². The number of nitrogens with zero attached hydrogens (tertiary/aromatic N) is 1. The number of hydrogen-bond acceptors (Lipinski definition) is 4. The molecule has 0 saturated heterocycles. The second-order valence-corrected chi connectivity index (χ2v) is 8.76. The fourth-order valence-electron chi connectivity index (χ4n) is 3.07. The van der Waals surface area contributed by atoms with E-state index in [0.29, 0.717) is 17.4 Å². The van der Waals surface area contributed by atoms with Gasteiger partial charge in [-0.2, -0.15) is 0 Å². The van der Waals surface area contributed by atoms with Gasteiger partial charge in [0.15, 0.2) is 6.10 Å². The van der Waals surface area contributed by atoms with Crippen molar-refractivity contribution in [3.63, 3.8) is 0 Å². The molecule has 30 heavy (non-hydrogen) atoms. The molecule has 0 aromatic rings. The molecule has 0 fully saturated rings. The number of unbranched alkanes of at least 4 members (excludes halogenated alkanes) is 5. The van der Waals surface area contributed by atoms with Crippen LogP contribution >= 0.6 is 0 Å². The highest BCUT2D eigenvalue weighted by Gasteiger charge is 2.22. The molecular weight excluding hydrogens is 378 g/mol. The van der Waals surface area contributed by atoms with Crippen molar-refractivity contribution in [2.75, 3.05) is 27.7 Å². The quantitative estimate of drug-likeness (QED) is 0.143. The van der Waals surface area contributed by atoms with E-state index in [2.05, 4.69) is 43.4 Å². The number of carboxylic acids is 1. The van der Waals surface area contributed by atoms with Crippen LogP contribution in [0.4, 0.5) is 0 Å². The molecule has 5 nitrogen and oxygen atoms in total. The molecular formula is C25H43NO4. The van der Waals surface area contributed by atoms with E-state index in [4.69, 9.17) is 4.74 Å². The summed E-state index contributed by atoms with van der Waals surface area (Å²) in [5, 5.41) is 10.9. The van der Waals surface area contributed by atoms with E-state index in [1.165, 1.54) is 6.42 Å². The van der Waals surface area contributed by atoms with E-state index < -0.39 is 12.1 Å². The zero-order valence-electron chi connectivity index (χ0n) is 19.6. The van der Waals surface area contributed by atoms with Crippen molar-refractivity contribution in [1.29, 1.82) is 0 Å². The van der Waals surface area contributed by atoms with E-state index in [-0.39, 0.29) is 12.4 Å². The molecule has 1 unspecified atom stereocenters. The first kappa shape index (κ1) is 28.1. The highest BCUT2D eigenvalue weighted by atomic mass is 16.5. The van der Waals surface area contributed by atoms with Gasteiger partial charge >= 0.3 is 5.97 Å². The Morgan fingerprint density at radius 3 is 2.03 bits per heavy atom. The second-order valence-electron chi connectivity index (χ2n) is 8.76. The van der Waals surface area contributed by atoms with Crippen molar-refractivity contribution in [1.82, 2.24) is 0 Å². The lowest BCUT2D eigenvalue weighted by molar-refractivity contribution is -0.873. The molecule has 0 amide bonds. The van der Waals surface area contributed by atoms with E-state index in [1.807, 2.05) is 21.1 Å². The number of rotatable bonds is 18. The van der Waals surface area contributed by atoms with Gasteiger partial charge in [0.2, 0.25) is 0 Å². The normalized spacial score (nSPS) is 13.5. The molecule has 5 heteroatoms. The van der Waals surface area contributed by atoms with Crippen LogP contribution < -0.4 is 5.11 Å². The Morgan fingerprint density at radius 2 is 1.43 bits per heavy atom. The first-order valence-electron chi connectivity index (χ1n) is 11.4. The summed E-state index contributed by atoms with van der Waals surface area (Å²) >= 11 is 0. The lowest BCUT2D eigenvalue weighted by Gasteiger charge is -2.29. The number of ether oxygens (including phenoxy) is 1. The fourth-order valence-corrected chi connectivity index (χ4v) is 3.07. The Balaban J connectivity index is 3.75. The smallest absolute Gasteiger partial charge is 0.306 e. The largest absolute Gasteiger partial charge is 0.550 e. The van der Waals surface area contributed by atoms with Gasteiger partial charge in [-0.15, -0.1) is 0 Å². The molecule has 0 bridgehead atoms. The molecule has 0 radical (unpaired) electrons. The summed E-state index contributed by atoms with van der Waals surface area (Å²) in [6.45, 7) is 2.60. The van der Waals surface area contributed by atoms with Crippen molar-refractivity contribution in [2.24, 2.45) is 0 Å². The van der Waals surface area contributed by atoms with Crippen LogP contribution in [0.1, 0.15) is 77.6 Å². The lowest BCUT2D eigenvalue weighted by atomic mass is 10.1. The molecule has 0 aliphatic heterocycles. The van der Waals surface area contributed by atoms with E-state index in [1.54, 1.807) is 0 Å². The van der Waals surface area contributed by atoms with Gasteiger partial charge in [-0.3, -0.25) is 4.79 Å². The SMILES string of the molecule is CC/C=C\C/C=C\C/C=C\CCCCCCCC(=O)OC(CC(=O)[O-])C[N+](C)(C)C. The second kappa shape index (κ2) is 17.9. The number of allylic oxidation sites excluding steroid dienone is 6. The van der Waals surface area contributed by atoms with E-state index in [0.717, 1.165) is 51.4 Å². The summed E-state index contributed by atoms with van der Waals surface area (Å²) in [6, 6.07) is 0. The fraction of sp³-hybridized carbons (Fsp3) is 0.680. The van der Waals surface area contributed by atoms with Crippen LogP contribution in [-0.4, -0.2) is 50.2 Å². The molecule has 0 aromatic heterocycles. The van der Waals surface area contributed by atoms with Gasteiger partial charge < -0.3 is 19.1 Å². The maximum atomic E-state index is 12.0. The Labute approximate surface area is 184 Å². The van der Waals surface area contributed by atoms with Gasteiger partial charge in [0.25, 0.3) is 0 Å². The topological polar surface area (TPSA) is 66.4 Å². The van der Waals surface area contributed by atoms with Gasteiger partial charge in [0, 0.05) is 18.8 Å². The zero-order chi connectivity index (χ0) is 22.7. The standard InChI is InChI=1S/C25H43NO4/c1-5-6-7-8-9-10-11-12-13-14-15-16-17-18-19-20-25(29)30-23(21-24(27)28)22-26(2,3)4/h6-7,9-10,12-13,23H,5,8,11,14-22H2,1-4H3/b7-6-,10-9-,13-12-. The minimum atomic E-state index is -1.18. The van der Waals surface area contributed by atoms with Crippen molar-refractivity contribution in [3.8, 4) is 0 Å². The number of carbonyl (C=O) groups excluding carboxylic acids is 2. The highest BCUT2D eigenvalue weighted by molar-refractivity contribution is 5.70. The summed E-state index contributed by atoms with van der Waals surface area (Å²) in [7, 11) is 5.82. The average Bonchev–Trinajstić information content (AvgIpc) is 2.63. The van der Waals surface area contributed by atoms with E-state index >= 15 is 0 Å². The van der Waals surface area contributed by atoms with Gasteiger partial charge in [-0.25, -0.2) is 0 Å². The summed E-state index contributed by atoms with van der Waals surface area (Å²) in [5.74, 6) is -1.49. The molecule has 0 heterocycles. The summed E-state index contributed by atoms with van der Waals surface area (Å²) in [6.07, 6.45) is 22.1. The summed E-state index contributed by atoms with van der Waals surface area (Å²) < 4.78 is 5.90. The van der Waals surface area contributed by atoms with Gasteiger partial charge in [-0.05, 0) is 38.5 Å². The molecule has 172 valence electrons. The predicted octanol–water partition coefficient (Wildman–Crippen LogP) is 4.33. The van der Waals surface area contributed by atoms with Gasteiger partial charge in [-0.1, -0.05) is 62.6 Å². The Morgan fingerprint density at radius 1 is 0.867 bits per heavy atom. The Bertz CT molecular complexity index is 544. The van der Waals surface area contributed by atoms with Crippen LogP contribution in [0.5, 0.6) is 0 Å². The number of quaternary nitrogens is 1. The van der Waals surface area contributed by atoms with Crippen LogP contribution in [0.25, 0.3) is 0 Å². The average molecular weight is 422 g/mol. The zero-order valence-corrected chi connectivity index (χ0v) is 19.6. The van der Waals surface area contributed by atoms with Crippen LogP contribution in [0, 0.1) is 0 Å². The van der Waals surface area contributed by atoms with Crippen LogP contribution in [0.3, 0.4) is 0 Å².